The van der Waals surface area contributed by atoms with Gasteiger partial charge in [-0.1, -0.05) is 114 Å². The molecule has 1 N–H and O–H groups in total. The smallest absolute Gasteiger partial charge is 0.450 e. The van der Waals surface area contributed by atoms with Crippen molar-refractivity contribution in [3.8, 4) is 0 Å². The molecule has 0 fully saturated rings. The number of hydrogen-bond acceptors (Lipinski definition) is 6. The van der Waals surface area contributed by atoms with Crippen LogP contribution in [0.2, 0.25) is 0 Å². The zero-order valence-corrected chi connectivity index (χ0v) is 19.1. The van der Waals surface area contributed by atoms with E-state index in [9.17, 15) is 9.59 Å². The Bertz CT molecular complexity index is 922. The van der Waals surface area contributed by atoms with Crippen LogP contribution in [0.25, 0.3) is 0 Å². The fourth-order valence-electron chi connectivity index (χ4n) is 2.50. The summed E-state index contributed by atoms with van der Waals surface area (Å²) in [5, 5.41) is 8.37. The van der Waals surface area contributed by atoms with E-state index in [2.05, 4.69) is 4.74 Å². The summed E-state index contributed by atoms with van der Waals surface area (Å²) in [5.74, 6) is 0. The van der Waals surface area contributed by atoms with Gasteiger partial charge in [0, 0.05) is 23.8 Å². The number of hydrogen-bond donors (Lipinski definition) is 1. The zero-order chi connectivity index (χ0) is 24.1. The number of carbonyl (C=O) groups excluding carboxylic acids is 1. The fraction of sp³-hybridized carbons (Fsp3) is 0.167. The van der Waals surface area contributed by atoms with Gasteiger partial charge in [0.15, 0.2) is 0 Å². The van der Waals surface area contributed by atoms with Crippen LogP contribution in [0.15, 0.2) is 91.0 Å². The quantitative estimate of drug-likeness (QED) is 0.214. The first-order valence-corrected chi connectivity index (χ1v) is 10.5. The number of carboxylic acid groups (broad SMARTS) is 1. The van der Waals surface area contributed by atoms with Crippen molar-refractivity contribution < 1.29 is 33.6 Å². The van der Waals surface area contributed by atoms with Crippen LogP contribution in [-0.2, 0) is 18.9 Å². The molecule has 0 aromatic heterocycles. The second-order valence-electron chi connectivity index (χ2n) is 6.30. The van der Waals surface area contributed by atoms with Crippen LogP contribution in [-0.4, -0.2) is 24.5 Å². The van der Waals surface area contributed by atoms with Crippen LogP contribution >= 0.6 is 23.2 Å². The molecule has 0 aliphatic carbocycles. The highest BCUT2D eigenvalue weighted by Gasteiger charge is 2.19. The third-order valence-electron chi connectivity index (χ3n) is 4.02. The van der Waals surface area contributed by atoms with Crippen molar-refractivity contribution in [2.75, 3.05) is 7.11 Å². The van der Waals surface area contributed by atoms with Gasteiger partial charge in [0.1, 0.15) is 0 Å². The molecular formula is C24H22Cl2O7. The molecule has 0 spiro atoms. The third-order valence-corrected chi connectivity index (χ3v) is 4.70. The minimum atomic E-state index is -1.35. The maximum atomic E-state index is 11.6. The van der Waals surface area contributed by atoms with Crippen molar-refractivity contribution in [1.29, 1.82) is 0 Å². The second-order valence-corrected chi connectivity index (χ2v) is 7.09. The first kappa shape index (κ1) is 26.0. The summed E-state index contributed by atoms with van der Waals surface area (Å²) < 4.78 is 19.2. The van der Waals surface area contributed by atoms with E-state index in [0.717, 1.165) is 0 Å². The van der Waals surface area contributed by atoms with E-state index in [1.807, 2.05) is 18.2 Å². The third kappa shape index (κ3) is 9.41. The van der Waals surface area contributed by atoms with Crippen LogP contribution in [0.5, 0.6) is 0 Å². The van der Waals surface area contributed by atoms with Crippen molar-refractivity contribution in [2.45, 2.75) is 17.4 Å². The highest BCUT2D eigenvalue weighted by Crippen LogP contribution is 2.26. The molecule has 0 radical (unpaired) electrons. The van der Waals surface area contributed by atoms with Gasteiger partial charge < -0.3 is 24.1 Å². The summed E-state index contributed by atoms with van der Waals surface area (Å²) in [6, 6.07) is 26.7. The molecule has 3 aromatic carbocycles. The normalized spacial score (nSPS) is 12.8. The average Bonchev–Trinajstić information content (AvgIpc) is 2.84. The molecule has 3 aromatic rings. The van der Waals surface area contributed by atoms with Crippen LogP contribution in [0.1, 0.15) is 34.1 Å². The van der Waals surface area contributed by atoms with Crippen LogP contribution < -0.4 is 0 Å². The first-order valence-electron chi connectivity index (χ1n) is 9.63. The van der Waals surface area contributed by atoms with Gasteiger partial charge in [-0.25, -0.2) is 9.59 Å². The number of carbonyl (C=O) groups is 2. The molecule has 0 heterocycles. The van der Waals surface area contributed by atoms with Crippen molar-refractivity contribution >= 4 is 35.5 Å². The molecule has 3 atom stereocenters. The van der Waals surface area contributed by atoms with Gasteiger partial charge in [0.2, 0.25) is 17.4 Å². The van der Waals surface area contributed by atoms with E-state index >= 15 is 0 Å². The second kappa shape index (κ2) is 14.0. The number of ether oxygens (including phenoxy) is 4. The molecule has 0 saturated carbocycles. The summed E-state index contributed by atoms with van der Waals surface area (Å²) in [7, 11) is 1.39. The van der Waals surface area contributed by atoms with Gasteiger partial charge in [-0.05, 0) is 0 Å². The SMILES string of the molecule is COC(OC(=O)O)c1ccccc1.O=C(OC(Cl)c1ccccc1)OC(Cl)c1ccccc1. The molecule has 174 valence electrons. The van der Waals surface area contributed by atoms with E-state index in [-0.39, 0.29) is 0 Å². The molecule has 7 nitrogen and oxygen atoms in total. The lowest BCUT2D eigenvalue weighted by molar-refractivity contribution is -0.0993. The molecular weight excluding hydrogens is 471 g/mol. The Balaban J connectivity index is 0.000000257. The zero-order valence-electron chi connectivity index (χ0n) is 17.5. The van der Waals surface area contributed by atoms with E-state index < -0.39 is 29.7 Å². The molecule has 3 rings (SSSR count). The Labute approximate surface area is 201 Å². The Hall–Kier alpha value is -3.26. The highest BCUT2D eigenvalue weighted by atomic mass is 35.5. The van der Waals surface area contributed by atoms with Gasteiger partial charge >= 0.3 is 12.3 Å². The Morgan fingerprint density at radius 3 is 1.36 bits per heavy atom. The van der Waals surface area contributed by atoms with Gasteiger partial charge in [0.05, 0.1) is 0 Å². The van der Waals surface area contributed by atoms with Gasteiger partial charge in [-0.15, -0.1) is 0 Å². The average molecular weight is 493 g/mol. The molecule has 0 amide bonds. The number of alkyl halides is 2. The monoisotopic (exact) mass is 492 g/mol. The van der Waals surface area contributed by atoms with Crippen molar-refractivity contribution in [3.05, 3.63) is 108 Å². The highest BCUT2D eigenvalue weighted by molar-refractivity contribution is 6.21. The molecule has 0 aliphatic rings. The van der Waals surface area contributed by atoms with Gasteiger partial charge in [0.25, 0.3) is 0 Å². The van der Waals surface area contributed by atoms with Gasteiger partial charge in [-0.3, -0.25) is 0 Å². The Morgan fingerprint density at radius 1 is 0.667 bits per heavy atom. The topological polar surface area (TPSA) is 91.3 Å². The molecule has 3 unspecified atom stereocenters. The van der Waals surface area contributed by atoms with E-state index in [1.165, 1.54) is 7.11 Å². The number of benzene rings is 3. The lowest BCUT2D eigenvalue weighted by Gasteiger charge is -2.14. The minimum absolute atomic E-state index is 0.664. The summed E-state index contributed by atoms with van der Waals surface area (Å²) in [6.07, 6.45) is -3.12. The minimum Gasteiger partial charge on any atom is -0.450 e. The maximum absolute atomic E-state index is 11.6. The standard InChI is InChI=1S/C15H12Cl2O3.C9H10O4/c16-13(11-7-3-1-4-8-11)19-15(18)20-14(17)12-9-5-2-6-10-12;1-12-8(13-9(10)11)7-5-3-2-4-6-7/h1-10,13-14H;2-6,8H,1H3,(H,10,11). The predicted octanol–water partition coefficient (Wildman–Crippen LogP) is 7.04. The van der Waals surface area contributed by atoms with E-state index in [1.54, 1.807) is 72.8 Å². The number of methoxy groups -OCH3 is 1. The fourth-order valence-corrected chi connectivity index (χ4v) is 2.93. The summed E-state index contributed by atoms with van der Waals surface area (Å²) >= 11 is 11.9. The number of rotatable bonds is 7. The molecule has 33 heavy (non-hydrogen) atoms. The predicted molar refractivity (Wildman–Crippen MR) is 123 cm³/mol. The van der Waals surface area contributed by atoms with Crippen molar-refractivity contribution in [1.82, 2.24) is 0 Å². The van der Waals surface area contributed by atoms with Crippen molar-refractivity contribution in [3.63, 3.8) is 0 Å². The van der Waals surface area contributed by atoms with E-state index in [4.69, 9.17) is 42.5 Å². The summed E-state index contributed by atoms with van der Waals surface area (Å²) in [6.45, 7) is 0. The van der Waals surface area contributed by atoms with Crippen molar-refractivity contribution in [2.24, 2.45) is 0 Å². The first-order chi connectivity index (χ1) is 15.9. The largest absolute Gasteiger partial charge is 0.511 e. The maximum Gasteiger partial charge on any atom is 0.511 e. The lowest BCUT2D eigenvalue weighted by Crippen LogP contribution is -2.11. The van der Waals surface area contributed by atoms with Crippen LogP contribution in [0.4, 0.5) is 9.59 Å². The number of halogens is 2. The summed E-state index contributed by atoms with van der Waals surface area (Å²) in [5.41, 5.74) is 0.174. The summed E-state index contributed by atoms with van der Waals surface area (Å²) in [4.78, 5) is 21.8. The molecule has 0 aliphatic heterocycles. The Morgan fingerprint density at radius 2 is 1.03 bits per heavy atom. The van der Waals surface area contributed by atoms with Gasteiger partial charge in [-0.2, -0.15) is 0 Å². The molecule has 9 heteroatoms. The lowest BCUT2D eigenvalue weighted by atomic mass is 10.2. The Kier molecular flexibility index (Phi) is 11.0. The molecule has 0 bridgehead atoms. The van der Waals surface area contributed by atoms with Crippen LogP contribution in [0.3, 0.4) is 0 Å². The molecule has 0 saturated heterocycles. The van der Waals surface area contributed by atoms with E-state index in [0.29, 0.717) is 16.7 Å². The van der Waals surface area contributed by atoms with Crippen LogP contribution in [0, 0.1) is 0 Å².